The van der Waals surface area contributed by atoms with Crippen LogP contribution in [0.4, 0.5) is 17.1 Å². The second-order valence-corrected chi connectivity index (χ2v) is 17.5. The molecule has 12 aromatic rings. The monoisotopic (exact) mass is 806 g/mol. The third-order valence-corrected chi connectivity index (χ3v) is 14.3. The van der Waals surface area contributed by atoms with Crippen molar-refractivity contribution in [3.8, 4) is 22.3 Å². The average molecular weight is 807 g/mol. The van der Waals surface area contributed by atoms with Crippen molar-refractivity contribution in [2.45, 2.75) is 5.54 Å². The number of hydrogen-bond donors (Lipinski definition) is 0. The smallest absolute Gasteiger partial charge is 0.122 e. The predicted molar refractivity (Wildman–Crippen MR) is 264 cm³/mol. The molecule has 0 atom stereocenters. The van der Waals surface area contributed by atoms with E-state index in [0.29, 0.717) is 0 Å². The Bertz CT molecular complexity index is 3660. The molecule has 0 unspecified atom stereocenters. The fourth-order valence-electron chi connectivity index (χ4n) is 10.6. The number of benzene rings is 10. The quantitative estimate of drug-likeness (QED) is 0.162. The van der Waals surface area contributed by atoms with Crippen LogP contribution < -0.4 is 4.90 Å². The molecule has 0 radical (unpaired) electrons. The van der Waals surface area contributed by atoms with Crippen LogP contribution in [0, 0.1) is 0 Å². The summed E-state index contributed by atoms with van der Waals surface area (Å²) in [6, 6.07) is 85.5. The SMILES string of the molecule is c1ccc(-c2ccc(N(c3ccc4c5ccccc5n(C5(c6ccc7ccccc7c6)c6ccccc6-c6ccccc65)c4c3)c3cccc4sc5ccccc5c34)cc2)cc1. The molecule has 0 bridgehead atoms. The molecule has 0 fully saturated rings. The molecule has 1 aliphatic carbocycles. The van der Waals surface area contributed by atoms with Gasteiger partial charge in [-0.25, -0.2) is 0 Å². The molecule has 2 aromatic heterocycles. The maximum atomic E-state index is 2.67. The van der Waals surface area contributed by atoms with Gasteiger partial charge in [0.2, 0.25) is 0 Å². The molecule has 13 rings (SSSR count). The van der Waals surface area contributed by atoms with E-state index in [-0.39, 0.29) is 0 Å². The number of aromatic nitrogens is 1. The Morgan fingerprint density at radius 3 is 1.81 bits per heavy atom. The van der Waals surface area contributed by atoms with Gasteiger partial charge >= 0.3 is 0 Å². The van der Waals surface area contributed by atoms with Crippen LogP contribution in [0.1, 0.15) is 16.7 Å². The highest BCUT2D eigenvalue weighted by atomic mass is 32.1. The normalized spacial score (nSPS) is 13.0. The van der Waals surface area contributed by atoms with Gasteiger partial charge in [0, 0.05) is 42.3 Å². The Kier molecular flexibility index (Phi) is 7.72. The van der Waals surface area contributed by atoms with E-state index >= 15 is 0 Å². The summed E-state index contributed by atoms with van der Waals surface area (Å²) in [6.45, 7) is 0. The Hall–Kier alpha value is -7.72. The average Bonchev–Trinajstić information content (AvgIpc) is 3.99. The molecule has 0 amide bonds. The molecule has 0 N–H and O–H groups in total. The van der Waals surface area contributed by atoms with Gasteiger partial charge in [-0.3, -0.25) is 0 Å². The van der Waals surface area contributed by atoms with Gasteiger partial charge in [-0.05, 0) is 104 Å². The molecule has 0 saturated carbocycles. The molecule has 0 saturated heterocycles. The van der Waals surface area contributed by atoms with E-state index in [9.17, 15) is 0 Å². The summed E-state index contributed by atoms with van der Waals surface area (Å²) in [5.74, 6) is 0. The zero-order valence-electron chi connectivity index (χ0n) is 33.7. The minimum absolute atomic E-state index is 0.678. The van der Waals surface area contributed by atoms with Crippen LogP contribution in [0.5, 0.6) is 0 Å². The standard InChI is InChI=1S/C59H38N2S/c1-2-15-39(16-3-1)41-30-33-44(34-31-41)60(54-26-14-28-57-58(54)50-22-9-13-27-56(50)62-57)45-35-36-49-48-21-8-12-25-53(48)61(55(49)38-45)59(43-32-29-40-17-4-5-18-42(40)37-43)51-23-10-6-19-46(51)47-20-7-11-24-52(47)59/h1-38H. The van der Waals surface area contributed by atoms with Gasteiger partial charge in [0.1, 0.15) is 5.54 Å². The Morgan fingerprint density at radius 2 is 1.00 bits per heavy atom. The van der Waals surface area contributed by atoms with Crippen molar-refractivity contribution in [2.75, 3.05) is 4.90 Å². The first-order chi connectivity index (χ1) is 30.8. The summed E-state index contributed by atoms with van der Waals surface area (Å²) in [5, 5.41) is 7.48. The third-order valence-electron chi connectivity index (χ3n) is 13.2. The summed E-state index contributed by atoms with van der Waals surface area (Å²) in [7, 11) is 0. The van der Waals surface area contributed by atoms with Crippen LogP contribution in [0.25, 0.3) is 75.0 Å². The van der Waals surface area contributed by atoms with Gasteiger partial charge in [0.25, 0.3) is 0 Å². The lowest BCUT2D eigenvalue weighted by atomic mass is 9.79. The number of anilines is 3. The first-order valence-corrected chi connectivity index (χ1v) is 22.2. The van der Waals surface area contributed by atoms with Gasteiger partial charge in [-0.15, -0.1) is 11.3 Å². The highest BCUT2D eigenvalue weighted by Gasteiger charge is 2.47. The van der Waals surface area contributed by atoms with Crippen molar-refractivity contribution in [1.82, 2.24) is 4.57 Å². The molecule has 2 heterocycles. The van der Waals surface area contributed by atoms with Crippen molar-refractivity contribution in [2.24, 2.45) is 0 Å². The topological polar surface area (TPSA) is 8.17 Å². The predicted octanol–water partition coefficient (Wildman–Crippen LogP) is 16.3. The molecule has 3 heteroatoms. The van der Waals surface area contributed by atoms with Crippen molar-refractivity contribution in [3.05, 3.63) is 247 Å². The van der Waals surface area contributed by atoms with E-state index in [1.165, 1.54) is 91.7 Å². The second-order valence-electron chi connectivity index (χ2n) is 16.4. The first-order valence-electron chi connectivity index (χ1n) is 21.3. The highest BCUT2D eigenvalue weighted by Crippen LogP contribution is 2.56. The first kappa shape index (κ1) is 35.1. The van der Waals surface area contributed by atoms with Crippen LogP contribution in [0.3, 0.4) is 0 Å². The number of fused-ring (bicyclic) bond motifs is 10. The summed E-state index contributed by atoms with van der Waals surface area (Å²) < 4.78 is 5.24. The lowest BCUT2D eigenvalue weighted by Gasteiger charge is -2.37. The molecule has 10 aromatic carbocycles. The lowest BCUT2D eigenvalue weighted by Crippen LogP contribution is -2.35. The number of rotatable bonds is 6. The molecule has 290 valence electrons. The molecular formula is C59H38N2S. The molecule has 0 aliphatic heterocycles. The fourth-order valence-corrected chi connectivity index (χ4v) is 11.7. The van der Waals surface area contributed by atoms with Gasteiger partial charge < -0.3 is 9.47 Å². The van der Waals surface area contributed by atoms with Gasteiger partial charge in [-0.2, -0.15) is 0 Å². The number of hydrogen-bond acceptors (Lipinski definition) is 2. The number of para-hydroxylation sites is 1. The van der Waals surface area contributed by atoms with Crippen molar-refractivity contribution < 1.29 is 0 Å². The molecule has 0 spiro atoms. The maximum absolute atomic E-state index is 2.67. The Morgan fingerprint density at radius 1 is 0.387 bits per heavy atom. The van der Waals surface area contributed by atoms with E-state index in [1.54, 1.807) is 0 Å². The van der Waals surface area contributed by atoms with E-state index < -0.39 is 5.54 Å². The zero-order valence-corrected chi connectivity index (χ0v) is 34.6. The minimum atomic E-state index is -0.678. The van der Waals surface area contributed by atoms with Gasteiger partial charge in [-0.1, -0.05) is 176 Å². The van der Waals surface area contributed by atoms with Crippen LogP contribution >= 0.6 is 11.3 Å². The Balaban J connectivity index is 1.14. The van der Waals surface area contributed by atoms with E-state index in [1.807, 2.05) is 11.3 Å². The maximum Gasteiger partial charge on any atom is 0.122 e. The zero-order chi connectivity index (χ0) is 40.8. The van der Waals surface area contributed by atoms with E-state index in [2.05, 4.69) is 240 Å². The summed E-state index contributed by atoms with van der Waals surface area (Å²) >= 11 is 1.86. The minimum Gasteiger partial charge on any atom is -0.322 e. The van der Waals surface area contributed by atoms with Crippen LogP contribution in [0.2, 0.25) is 0 Å². The lowest BCUT2D eigenvalue weighted by molar-refractivity contribution is 0.564. The number of nitrogens with zero attached hydrogens (tertiary/aromatic N) is 2. The van der Waals surface area contributed by atoms with E-state index in [4.69, 9.17) is 0 Å². The summed E-state index contributed by atoms with van der Waals surface area (Å²) in [6.07, 6.45) is 0. The van der Waals surface area contributed by atoms with Crippen molar-refractivity contribution >= 4 is 81.1 Å². The van der Waals surface area contributed by atoms with Gasteiger partial charge in [0.05, 0.1) is 16.7 Å². The van der Waals surface area contributed by atoms with Crippen LogP contribution in [0.15, 0.2) is 231 Å². The molecule has 1 aliphatic rings. The second kappa shape index (κ2) is 13.7. The van der Waals surface area contributed by atoms with Crippen molar-refractivity contribution in [3.63, 3.8) is 0 Å². The summed E-state index contributed by atoms with van der Waals surface area (Å²) in [5.41, 5.74) is 13.8. The van der Waals surface area contributed by atoms with Crippen LogP contribution in [-0.2, 0) is 5.54 Å². The van der Waals surface area contributed by atoms with Crippen molar-refractivity contribution in [1.29, 1.82) is 0 Å². The fraction of sp³-hybridized carbons (Fsp3) is 0.0169. The van der Waals surface area contributed by atoms with E-state index in [0.717, 1.165) is 17.1 Å². The summed E-state index contributed by atoms with van der Waals surface area (Å²) in [4.78, 5) is 2.48. The molecule has 62 heavy (non-hydrogen) atoms. The number of thiophene rings is 1. The van der Waals surface area contributed by atoms with Crippen LogP contribution in [-0.4, -0.2) is 4.57 Å². The van der Waals surface area contributed by atoms with Gasteiger partial charge in [0.15, 0.2) is 0 Å². The highest BCUT2D eigenvalue weighted by molar-refractivity contribution is 7.26. The molecule has 2 nitrogen and oxygen atoms in total. The Labute approximate surface area is 363 Å². The third kappa shape index (κ3) is 5.03. The largest absolute Gasteiger partial charge is 0.322 e. The molecular weight excluding hydrogens is 769 g/mol.